The number of rotatable bonds is 5. The third-order valence-corrected chi connectivity index (χ3v) is 5.07. The van der Waals surface area contributed by atoms with E-state index in [9.17, 15) is 14.7 Å². The van der Waals surface area contributed by atoms with Crippen LogP contribution in [0.2, 0.25) is 0 Å². The lowest BCUT2D eigenvalue weighted by Crippen LogP contribution is -2.30. The zero-order chi connectivity index (χ0) is 25.3. The highest BCUT2D eigenvalue weighted by atomic mass is 16.6. The Hall–Kier alpha value is -4.05. The summed E-state index contributed by atoms with van der Waals surface area (Å²) in [6, 6.07) is 13.2. The van der Waals surface area contributed by atoms with Crippen molar-refractivity contribution in [2.75, 3.05) is 11.9 Å². The monoisotopic (exact) mass is 476 g/mol. The number of aryl methyl sites for hydroxylation is 2. The summed E-state index contributed by atoms with van der Waals surface area (Å²) in [6.45, 7) is 8.72. The lowest BCUT2D eigenvalue weighted by molar-refractivity contribution is 0.0634. The molecular formula is C25H28N6O4. The van der Waals surface area contributed by atoms with Crippen LogP contribution in [0.1, 0.15) is 32.2 Å². The van der Waals surface area contributed by atoms with Gasteiger partial charge in [0.25, 0.3) is 0 Å². The van der Waals surface area contributed by atoms with E-state index in [1.54, 1.807) is 20.8 Å². The molecule has 10 nitrogen and oxygen atoms in total. The quantitative estimate of drug-likeness (QED) is 0.451. The van der Waals surface area contributed by atoms with Crippen molar-refractivity contribution in [2.24, 2.45) is 0 Å². The molecule has 35 heavy (non-hydrogen) atoms. The van der Waals surface area contributed by atoms with E-state index in [0.29, 0.717) is 11.3 Å². The van der Waals surface area contributed by atoms with Gasteiger partial charge in [0.2, 0.25) is 5.95 Å². The van der Waals surface area contributed by atoms with Crippen LogP contribution in [-0.2, 0) is 11.3 Å². The highest BCUT2D eigenvalue weighted by molar-refractivity contribution is 5.92. The Balaban J connectivity index is 2.07. The fourth-order valence-electron chi connectivity index (χ4n) is 3.85. The van der Waals surface area contributed by atoms with Crippen molar-refractivity contribution in [3.63, 3.8) is 0 Å². The predicted octanol–water partition coefficient (Wildman–Crippen LogP) is 3.58. The molecule has 2 N–H and O–H groups in total. The molecule has 0 aliphatic carbocycles. The minimum atomic E-state index is -0.754. The molecule has 3 heterocycles. The Labute approximate surface area is 202 Å². The van der Waals surface area contributed by atoms with Gasteiger partial charge in [-0.05, 0) is 52.3 Å². The number of hydrogen-bond acceptors (Lipinski definition) is 7. The number of amides is 1. The molecule has 4 rings (SSSR count). The summed E-state index contributed by atoms with van der Waals surface area (Å²) >= 11 is 0. The minimum absolute atomic E-state index is 0.0130. The first kappa shape index (κ1) is 24.1. The second-order valence-electron chi connectivity index (χ2n) is 9.18. The Morgan fingerprint density at radius 3 is 2.31 bits per heavy atom. The van der Waals surface area contributed by atoms with Gasteiger partial charge in [-0.2, -0.15) is 0 Å². The number of pyridine rings is 1. The molecule has 0 unspecified atom stereocenters. The zero-order valence-electron chi connectivity index (χ0n) is 20.4. The van der Waals surface area contributed by atoms with E-state index >= 15 is 0 Å². The molecule has 1 aromatic carbocycles. The summed E-state index contributed by atoms with van der Waals surface area (Å²) in [6.07, 6.45) is -0.754. The molecule has 0 aliphatic rings. The van der Waals surface area contributed by atoms with Crippen LogP contribution >= 0.6 is 0 Å². The predicted molar refractivity (Wildman–Crippen MR) is 132 cm³/mol. The highest BCUT2D eigenvalue weighted by Crippen LogP contribution is 2.35. The number of aliphatic hydroxyl groups excluding tert-OH is 1. The second kappa shape index (κ2) is 9.30. The molecule has 3 aromatic heterocycles. The number of fused-ring (bicyclic) bond motifs is 1. The summed E-state index contributed by atoms with van der Waals surface area (Å²) in [5, 5.41) is 16.6. The molecule has 0 fully saturated rings. The standard InChI is InChI=1S/C25H28N6O4/c1-15-13-18(14-16(2)26-15)19-20(17-9-7-6-8-10-17)27-22(28-23(33)35-25(3,4)5)31-21(19)29-30(11-12-32)24(31)34/h6-10,13-14,32H,11-12H2,1-5H3,(H,27,28,33). The molecule has 182 valence electrons. The van der Waals surface area contributed by atoms with Gasteiger partial charge in [0.05, 0.1) is 24.4 Å². The molecule has 0 bridgehead atoms. The molecule has 0 spiro atoms. The smallest absolute Gasteiger partial charge is 0.414 e. The number of ether oxygens (including phenoxy) is 1. The molecular weight excluding hydrogens is 448 g/mol. The van der Waals surface area contributed by atoms with Crippen LogP contribution in [0, 0.1) is 13.8 Å². The van der Waals surface area contributed by atoms with Crippen molar-refractivity contribution in [1.82, 2.24) is 24.1 Å². The van der Waals surface area contributed by atoms with Gasteiger partial charge in [-0.25, -0.2) is 23.7 Å². The lowest BCUT2D eigenvalue weighted by Gasteiger charge is -2.20. The van der Waals surface area contributed by atoms with Crippen molar-refractivity contribution in [1.29, 1.82) is 0 Å². The molecule has 10 heteroatoms. The molecule has 1 amide bonds. The van der Waals surface area contributed by atoms with Gasteiger partial charge >= 0.3 is 11.8 Å². The number of nitrogens with zero attached hydrogens (tertiary/aromatic N) is 5. The number of carbonyl (C=O) groups is 1. The molecule has 0 atom stereocenters. The molecule has 0 aliphatic heterocycles. The SMILES string of the molecule is Cc1cc(-c2c(-c3ccccc3)nc(NC(=O)OC(C)(C)C)n3c(=O)n(CCO)nc23)cc(C)n1. The number of benzene rings is 1. The van der Waals surface area contributed by atoms with Crippen molar-refractivity contribution in [3.05, 3.63) is 64.3 Å². The van der Waals surface area contributed by atoms with Crippen LogP contribution in [0.3, 0.4) is 0 Å². The van der Waals surface area contributed by atoms with Crippen molar-refractivity contribution < 1.29 is 14.6 Å². The number of aromatic nitrogens is 5. The Bertz CT molecular complexity index is 1430. The molecule has 0 saturated heterocycles. The van der Waals surface area contributed by atoms with E-state index in [1.165, 1.54) is 4.40 Å². The van der Waals surface area contributed by atoms with E-state index in [4.69, 9.17) is 9.72 Å². The normalized spacial score (nSPS) is 11.6. The maximum absolute atomic E-state index is 13.3. The Morgan fingerprint density at radius 1 is 1.06 bits per heavy atom. The van der Waals surface area contributed by atoms with Gasteiger partial charge in [0.15, 0.2) is 5.65 Å². The average Bonchev–Trinajstić information content (AvgIpc) is 3.08. The number of aliphatic hydroxyl groups is 1. The molecule has 4 aromatic rings. The van der Waals surface area contributed by atoms with Crippen LogP contribution in [0.4, 0.5) is 10.7 Å². The molecule has 0 radical (unpaired) electrons. The van der Waals surface area contributed by atoms with Crippen LogP contribution in [0.15, 0.2) is 47.3 Å². The maximum Gasteiger partial charge on any atom is 0.414 e. The molecule has 0 saturated carbocycles. The van der Waals surface area contributed by atoms with E-state index in [0.717, 1.165) is 27.2 Å². The summed E-state index contributed by atoms with van der Waals surface area (Å²) in [4.78, 5) is 35.1. The third kappa shape index (κ3) is 5.07. The van der Waals surface area contributed by atoms with Crippen LogP contribution < -0.4 is 11.0 Å². The fourth-order valence-corrected chi connectivity index (χ4v) is 3.85. The van der Waals surface area contributed by atoms with Crippen molar-refractivity contribution >= 4 is 17.7 Å². The number of anilines is 1. The summed E-state index contributed by atoms with van der Waals surface area (Å²) in [7, 11) is 0. The van der Waals surface area contributed by atoms with Gasteiger partial charge in [0.1, 0.15) is 5.60 Å². The lowest BCUT2D eigenvalue weighted by atomic mass is 9.99. The maximum atomic E-state index is 13.3. The van der Waals surface area contributed by atoms with Gasteiger partial charge in [-0.1, -0.05) is 30.3 Å². The van der Waals surface area contributed by atoms with E-state index in [2.05, 4.69) is 15.4 Å². The zero-order valence-corrected chi connectivity index (χ0v) is 20.4. The van der Waals surface area contributed by atoms with Crippen LogP contribution in [0.25, 0.3) is 28.0 Å². The highest BCUT2D eigenvalue weighted by Gasteiger charge is 2.25. The Morgan fingerprint density at radius 2 is 1.71 bits per heavy atom. The van der Waals surface area contributed by atoms with E-state index < -0.39 is 17.4 Å². The third-order valence-electron chi connectivity index (χ3n) is 5.07. The topological polar surface area (TPSA) is 124 Å². The van der Waals surface area contributed by atoms with Crippen LogP contribution in [-0.4, -0.2) is 47.6 Å². The van der Waals surface area contributed by atoms with Gasteiger partial charge < -0.3 is 9.84 Å². The fraction of sp³-hybridized carbons (Fsp3) is 0.320. The van der Waals surface area contributed by atoms with E-state index in [-0.39, 0.29) is 24.7 Å². The number of hydrogen-bond donors (Lipinski definition) is 2. The first-order valence-electron chi connectivity index (χ1n) is 11.2. The van der Waals surface area contributed by atoms with Gasteiger partial charge in [-0.15, -0.1) is 5.10 Å². The largest absolute Gasteiger partial charge is 0.444 e. The number of carbonyl (C=O) groups excluding carboxylic acids is 1. The summed E-state index contributed by atoms with van der Waals surface area (Å²) in [5.41, 5.74) is 3.26. The Kier molecular flexibility index (Phi) is 6.40. The average molecular weight is 477 g/mol. The minimum Gasteiger partial charge on any atom is -0.444 e. The first-order chi connectivity index (χ1) is 16.6. The van der Waals surface area contributed by atoms with Crippen LogP contribution in [0.5, 0.6) is 0 Å². The van der Waals surface area contributed by atoms with Gasteiger partial charge in [-0.3, -0.25) is 10.3 Å². The first-order valence-corrected chi connectivity index (χ1v) is 11.2. The number of nitrogens with one attached hydrogen (secondary N) is 1. The van der Waals surface area contributed by atoms with Gasteiger partial charge in [0, 0.05) is 17.0 Å². The van der Waals surface area contributed by atoms with Crippen molar-refractivity contribution in [3.8, 4) is 22.4 Å². The van der Waals surface area contributed by atoms with E-state index in [1.807, 2.05) is 56.3 Å². The summed E-state index contributed by atoms with van der Waals surface area (Å²) in [5.74, 6) is -0.0338. The van der Waals surface area contributed by atoms with Crippen molar-refractivity contribution in [2.45, 2.75) is 46.8 Å². The second-order valence-corrected chi connectivity index (χ2v) is 9.18. The summed E-state index contributed by atoms with van der Waals surface area (Å²) < 4.78 is 7.77.